The molecular weight excluding hydrogens is 689 g/mol. The van der Waals surface area contributed by atoms with Crippen LogP contribution in [-0.4, -0.2) is 74.1 Å². The van der Waals surface area contributed by atoms with Gasteiger partial charge in [-0.2, -0.15) is 12.7 Å². The van der Waals surface area contributed by atoms with Crippen LogP contribution < -0.4 is 0 Å². The molecule has 0 N–H and O–H groups in total. The van der Waals surface area contributed by atoms with E-state index in [0.717, 1.165) is 5.56 Å². The molecule has 1 aliphatic rings. The highest BCUT2D eigenvalue weighted by atomic mass is 32.2. The molecule has 0 saturated carbocycles. The molecule has 0 saturated heterocycles. The van der Waals surface area contributed by atoms with Crippen molar-refractivity contribution in [3.63, 3.8) is 0 Å². The van der Waals surface area contributed by atoms with Gasteiger partial charge in [0.25, 0.3) is 15.8 Å². The summed E-state index contributed by atoms with van der Waals surface area (Å²) in [5.74, 6) is 0. The number of aryl methyl sites for hydroxylation is 1. The van der Waals surface area contributed by atoms with Crippen molar-refractivity contribution in [3.05, 3.63) is 76.4 Å². The normalized spacial score (nSPS) is 18.4. The monoisotopic (exact) mass is 740 g/mol. The molecular formula is C33H52N2O9S2Si2. The second-order valence-electron chi connectivity index (χ2n) is 15.4. The van der Waals surface area contributed by atoms with Gasteiger partial charge in [-0.1, -0.05) is 71.4 Å². The Balaban J connectivity index is 2.19. The number of nitro groups is 1. The summed E-state index contributed by atoms with van der Waals surface area (Å²) < 4.78 is 76.6. The summed E-state index contributed by atoms with van der Waals surface area (Å²) in [6.07, 6.45) is 2.16. The molecule has 3 rings (SSSR count). The van der Waals surface area contributed by atoms with Gasteiger partial charge in [0, 0.05) is 18.7 Å². The van der Waals surface area contributed by atoms with Crippen LogP contribution in [0.25, 0.3) is 0 Å². The van der Waals surface area contributed by atoms with Gasteiger partial charge in [0.05, 0.1) is 39.6 Å². The third-order valence-corrected chi connectivity index (χ3v) is 21.9. The fourth-order valence-electron chi connectivity index (χ4n) is 4.67. The third kappa shape index (κ3) is 9.30. The average molecular weight is 741 g/mol. The van der Waals surface area contributed by atoms with Crippen molar-refractivity contribution < 1.29 is 34.8 Å². The number of rotatable bonds is 13. The Labute approximate surface area is 289 Å². The maximum Gasteiger partial charge on any atom is 0.297 e. The zero-order chi connectivity index (χ0) is 36.5. The van der Waals surface area contributed by atoms with Crippen LogP contribution in [0, 0.1) is 17.0 Å². The lowest BCUT2D eigenvalue weighted by atomic mass is 10.0. The van der Waals surface area contributed by atoms with Gasteiger partial charge in [0.15, 0.2) is 16.6 Å². The largest absolute Gasteiger partial charge is 0.409 e. The second kappa shape index (κ2) is 14.5. The van der Waals surface area contributed by atoms with Crippen molar-refractivity contribution >= 4 is 42.5 Å². The van der Waals surface area contributed by atoms with E-state index in [-0.39, 0.29) is 32.1 Å². The summed E-state index contributed by atoms with van der Waals surface area (Å²) in [6, 6.07) is 10.3. The van der Waals surface area contributed by atoms with E-state index in [1.807, 2.05) is 26.1 Å². The fraction of sp³-hybridized carbons (Fsp3) is 0.576. The molecule has 268 valence electrons. The lowest BCUT2D eigenvalue weighted by molar-refractivity contribution is -0.384. The number of hydrogen-bond acceptors (Lipinski definition) is 9. The first-order valence-corrected chi connectivity index (χ1v) is 24.7. The quantitative estimate of drug-likeness (QED) is 0.0675. The molecule has 0 radical (unpaired) electrons. The van der Waals surface area contributed by atoms with Crippen LogP contribution in [0.1, 0.15) is 53.5 Å². The third-order valence-electron chi connectivity index (χ3n) is 9.73. The number of nitrogens with zero attached hydrogens (tertiary/aromatic N) is 2. The van der Waals surface area contributed by atoms with Crippen LogP contribution in [0.5, 0.6) is 0 Å². The molecule has 11 nitrogen and oxygen atoms in total. The highest BCUT2D eigenvalue weighted by Gasteiger charge is 2.49. The topological polar surface area (TPSA) is 142 Å². The second-order valence-corrected chi connectivity index (χ2v) is 28.4. The molecule has 1 heterocycles. The molecule has 1 aliphatic heterocycles. The molecule has 0 aromatic heterocycles. The van der Waals surface area contributed by atoms with Gasteiger partial charge in [-0.25, -0.2) is 8.42 Å². The minimum atomic E-state index is -4.21. The molecule has 2 aromatic rings. The zero-order valence-electron chi connectivity index (χ0n) is 30.0. The standard InChI is InChI=1S/C33H52N2O9S2Si2/c1-25-15-19-28(20-16-25)46(40,41)42-24-30(43-47(8,9)32(2,3)4)31(44-48(10,11)33(5,6)7)29-14-12-13-23-34(29)45(38,39)27-21-17-26(18-22-27)35(36)37/h12,14-22,29-31H,13,23-24H2,1-11H3/t29-,30-,31+/m1/s1. The Kier molecular flexibility index (Phi) is 12.2. The van der Waals surface area contributed by atoms with Crippen LogP contribution in [0.3, 0.4) is 0 Å². The van der Waals surface area contributed by atoms with E-state index in [4.69, 9.17) is 13.0 Å². The molecule has 0 aliphatic carbocycles. The van der Waals surface area contributed by atoms with Crippen molar-refractivity contribution in [2.75, 3.05) is 13.2 Å². The Hall–Kier alpha value is -2.25. The van der Waals surface area contributed by atoms with E-state index in [1.165, 1.54) is 40.7 Å². The van der Waals surface area contributed by atoms with Crippen LogP contribution in [-0.2, 0) is 33.2 Å². The highest BCUT2D eigenvalue weighted by Crippen LogP contribution is 2.42. The van der Waals surface area contributed by atoms with Crippen molar-refractivity contribution in [2.24, 2.45) is 0 Å². The fourth-order valence-corrected chi connectivity index (χ4v) is 9.84. The van der Waals surface area contributed by atoms with Gasteiger partial charge in [-0.05, 0) is 73.9 Å². The van der Waals surface area contributed by atoms with E-state index >= 15 is 0 Å². The first kappa shape index (κ1) is 40.2. The van der Waals surface area contributed by atoms with Gasteiger partial charge in [0.1, 0.15) is 0 Å². The molecule has 0 unspecified atom stereocenters. The van der Waals surface area contributed by atoms with Gasteiger partial charge >= 0.3 is 0 Å². The summed E-state index contributed by atoms with van der Waals surface area (Å²) in [7, 11) is -13.7. The molecule has 2 aromatic carbocycles. The molecule has 3 atom stereocenters. The molecule has 0 amide bonds. The highest BCUT2D eigenvalue weighted by molar-refractivity contribution is 7.89. The lowest BCUT2D eigenvalue weighted by Gasteiger charge is -2.48. The van der Waals surface area contributed by atoms with E-state index < -0.39 is 66.6 Å². The maximum absolute atomic E-state index is 14.3. The number of sulfonamides is 1. The van der Waals surface area contributed by atoms with Crippen LogP contribution >= 0.6 is 0 Å². The Morgan fingerprint density at radius 1 is 0.854 bits per heavy atom. The maximum atomic E-state index is 14.3. The summed E-state index contributed by atoms with van der Waals surface area (Å²) >= 11 is 0. The van der Waals surface area contributed by atoms with Crippen LogP contribution in [0.15, 0.2) is 70.5 Å². The predicted molar refractivity (Wildman–Crippen MR) is 193 cm³/mol. The first-order chi connectivity index (χ1) is 21.8. The van der Waals surface area contributed by atoms with Crippen molar-refractivity contribution in [1.29, 1.82) is 0 Å². The average Bonchev–Trinajstić information content (AvgIpc) is 2.97. The summed E-state index contributed by atoms with van der Waals surface area (Å²) in [5.41, 5.74) is 0.673. The Morgan fingerprint density at radius 2 is 1.35 bits per heavy atom. The minimum absolute atomic E-state index is 0.000906. The summed E-state index contributed by atoms with van der Waals surface area (Å²) in [6.45, 7) is 22.2. The van der Waals surface area contributed by atoms with Crippen molar-refractivity contribution in [1.82, 2.24) is 4.31 Å². The molecule has 0 bridgehead atoms. The van der Waals surface area contributed by atoms with Crippen LogP contribution in [0.2, 0.25) is 36.3 Å². The van der Waals surface area contributed by atoms with E-state index in [9.17, 15) is 26.9 Å². The molecule has 15 heteroatoms. The van der Waals surface area contributed by atoms with E-state index in [0.29, 0.717) is 6.42 Å². The lowest BCUT2D eigenvalue weighted by Crippen LogP contribution is -2.60. The van der Waals surface area contributed by atoms with E-state index in [1.54, 1.807) is 18.2 Å². The number of hydrogen-bond donors (Lipinski definition) is 0. The van der Waals surface area contributed by atoms with Gasteiger partial charge in [-0.3, -0.25) is 14.3 Å². The van der Waals surface area contributed by atoms with Gasteiger partial charge in [0.2, 0.25) is 10.0 Å². The van der Waals surface area contributed by atoms with Crippen LogP contribution in [0.4, 0.5) is 5.69 Å². The Morgan fingerprint density at radius 3 is 1.85 bits per heavy atom. The zero-order valence-corrected chi connectivity index (χ0v) is 33.6. The first-order valence-electron chi connectivity index (χ1n) is 16.0. The van der Waals surface area contributed by atoms with Crippen molar-refractivity contribution in [2.45, 2.75) is 119 Å². The van der Waals surface area contributed by atoms with E-state index in [2.05, 4.69) is 54.6 Å². The van der Waals surface area contributed by atoms with Gasteiger partial charge < -0.3 is 8.85 Å². The number of benzene rings is 2. The number of nitro benzene ring substituents is 1. The SMILES string of the molecule is Cc1ccc(S(=O)(=O)OC[C@@H](O[Si](C)(C)C(C)(C)C)[C@@H](O[Si](C)(C)C(C)(C)C)[C@H]2C=CCCN2S(=O)(=O)c2ccc([N+](=O)[O-])cc2)cc1. The minimum Gasteiger partial charge on any atom is -0.409 e. The number of non-ortho nitro benzene ring substituents is 1. The van der Waals surface area contributed by atoms with Crippen molar-refractivity contribution in [3.8, 4) is 0 Å². The molecule has 0 spiro atoms. The van der Waals surface area contributed by atoms with Gasteiger partial charge in [-0.15, -0.1) is 0 Å². The predicted octanol–water partition coefficient (Wildman–Crippen LogP) is 7.41. The Bertz CT molecular complexity index is 1680. The summed E-state index contributed by atoms with van der Waals surface area (Å²) in [5, 5.41) is 10.7. The molecule has 0 fully saturated rings. The smallest absolute Gasteiger partial charge is 0.297 e. The molecule has 48 heavy (non-hydrogen) atoms. The summed E-state index contributed by atoms with van der Waals surface area (Å²) in [4.78, 5) is 10.6.